The van der Waals surface area contributed by atoms with Crippen LogP contribution in [0.25, 0.3) is 0 Å². The van der Waals surface area contributed by atoms with Gasteiger partial charge in [-0.3, -0.25) is 0 Å². The summed E-state index contributed by atoms with van der Waals surface area (Å²) in [6.45, 7) is 0. The average molecular weight is 242 g/mol. The Kier molecular flexibility index (Phi) is 3.04. The lowest BCUT2D eigenvalue weighted by Crippen LogP contribution is -2.12. The van der Waals surface area contributed by atoms with Crippen molar-refractivity contribution in [1.29, 1.82) is 0 Å². The highest BCUT2D eigenvalue weighted by molar-refractivity contribution is 6.29. The van der Waals surface area contributed by atoms with Gasteiger partial charge < -0.3 is 9.84 Å². The molecule has 0 unspecified atom stereocenters. The molecule has 0 spiro atoms. The van der Waals surface area contributed by atoms with Crippen molar-refractivity contribution in [3.05, 3.63) is 23.0 Å². The highest BCUT2D eigenvalue weighted by Gasteiger charge is 2.35. The number of rotatable bonds is 1. The number of hydrogen-bond donors (Lipinski definition) is 1. The summed E-state index contributed by atoms with van der Waals surface area (Å²) in [4.78, 5) is 13.4. The molecule has 0 saturated carbocycles. The van der Waals surface area contributed by atoms with Gasteiger partial charge in [0.15, 0.2) is 5.75 Å². The van der Waals surface area contributed by atoms with Crippen molar-refractivity contribution in [1.82, 2.24) is 4.98 Å². The first-order chi connectivity index (χ1) is 6.80. The molecule has 8 heteroatoms. The number of carboxylic acid groups (broad SMARTS) is 1. The molecule has 1 rings (SSSR count). The fourth-order valence-electron chi connectivity index (χ4n) is 0.814. The Labute approximate surface area is 86.3 Å². The summed E-state index contributed by atoms with van der Waals surface area (Å²) in [5, 5.41) is 7.77. The average Bonchev–Trinajstić information content (AvgIpc) is 2.05. The molecule has 4 nitrogen and oxygen atoms in total. The largest absolute Gasteiger partial charge is 0.511 e. The lowest BCUT2D eigenvalue weighted by atomic mass is 10.2. The van der Waals surface area contributed by atoms with Crippen LogP contribution in [-0.2, 0) is 6.18 Å². The highest BCUT2D eigenvalue weighted by atomic mass is 35.5. The summed E-state index contributed by atoms with van der Waals surface area (Å²) < 4.78 is 40.9. The van der Waals surface area contributed by atoms with E-state index in [1.165, 1.54) is 0 Å². The van der Waals surface area contributed by atoms with Gasteiger partial charge in [0.1, 0.15) is 10.7 Å². The minimum absolute atomic E-state index is 0.403. The van der Waals surface area contributed by atoms with Crippen LogP contribution in [-0.4, -0.2) is 16.2 Å². The zero-order valence-corrected chi connectivity index (χ0v) is 7.63. The number of nitrogens with zero attached hydrogens (tertiary/aromatic N) is 1. The standard InChI is InChI=1S/C7H3ClF3NO3/c8-5-1-3(7(9,10)11)4(2-12-5)15-6(13)14/h1-2H,(H,13,14). The molecule has 1 aromatic rings. The summed E-state index contributed by atoms with van der Waals surface area (Å²) in [6.07, 6.45) is -6.01. The van der Waals surface area contributed by atoms with Crippen LogP contribution in [0.15, 0.2) is 12.3 Å². The van der Waals surface area contributed by atoms with Crippen molar-refractivity contribution in [2.45, 2.75) is 6.18 Å². The molecule has 1 heterocycles. The second-order valence-corrected chi connectivity index (χ2v) is 2.76. The SMILES string of the molecule is O=C(O)Oc1cnc(Cl)cc1C(F)(F)F. The van der Waals surface area contributed by atoms with Gasteiger partial charge in [-0.15, -0.1) is 0 Å². The molecule has 0 amide bonds. The van der Waals surface area contributed by atoms with E-state index >= 15 is 0 Å². The summed E-state index contributed by atoms with van der Waals surface area (Å²) in [5.41, 5.74) is -1.29. The topological polar surface area (TPSA) is 59.4 Å². The zero-order valence-electron chi connectivity index (χ0n) is 6.88. The highest BCUT2D eigenvalue weighted by Crippen LogP contribution is 2.36. The summed E-state index contributed by atoms with van der Waals surface area (Å²) in [6, 6.07) is 0.486. The molecule has 1 aromatic heterocycles. The van der Waals surface area contributed by atoms with Crippen LogP contribution in [0.2, 0.25) is 5.15 Å². The minimum Gasteiger partial charge on any atom is -0.449 e. The number of carbonyl (C=O) groups is 1. The van der Waals surface area contributed by atoms with E-state index in [0.29, 0.717) is 12.3 Å². The Morgan fingerprint density at radius 2 is 2.13 bits per heavy atom. The van der Waals surface area contributed by atoms with Crippen LogP contribution < -0.4 is 4.74 Å². The summed E-state index contributed by atoms with van der Waals surface area (Å²) in [5.74, 6) is -0.903. The van der Waals surface area contributed by atoms with E-state index in [1.54, 1.807) is 0 Å². The van der Waals surface area contributed by atoms with E-state index in [1.807, 2.05) is 0 Å². The monoisotopic (exact) mass is 241 g/mol. The van der Waals surface area contributed by atoms with Gasteiger partial charge in [0.2, 0.25) is 0 Å². The molecule has 0 aromatic carbocycles. The Morgan fingerprint density at radius 1 is 1.53 bits per heavy atom. The Balaban J connectivity index is 3.20. The molecule has 0 aliphatic heterocycles. The third-order valence-electron chi connectivity index (χ3n) is 1.34. The lowest BCUT2D eigenvalue weighted by Gasteiger charge is -2.10. The van der Waals surface area contributed by atoms with Gasteiger partial charge >= 0.3 is 12.3 Å². The Morgan fingerprint density at radius 3 is 2.60 bits per heavy atom. The number of ether oxygens (including phenoxy) is 1. The van der Waals surface area contributed by atoms with E-state index in [9.17, 15) is 18.0 Å². The molecule has 0 saturated heterocycles. The van der Waals surface area contributed by atoms with Gasteiger partial charge in [0.05, 0.1) is 6.20 Å². The quantitative estimate of drug-likeness (QED) is 0.607. The maximum absolute atomic E-state index is 12.3. The van der Waals surface area contributed by atoms with Gasteiger partial charge in [0, 0.05) is 0 Å². The zero-order chi connectivity index (χ0) is 11.6. The minimum atomic E-state index is -4.75. The number of alkyl halides is 3. The summed E-state index contributed by atoms with van der Waals surface area (Å²) >= 11 is 5.25. The lowest BCUT2D eigenvalue weighted by molar-refractivity contribution is -0.138. The fourth-order valence-corrected chi connectivity index (χ4v) is 0.972. The summed E-state index contributed by atoms with van der Waals surface area (Å²) in [7, 11) is 0. The molecule has 0 aliphatic rings. The second-order valence-electron chi connectivity index (χ2n) is 2.37. The number of halogens is 4. The smallest absolute Gasteiger partial charge is 0.449 e. The second kappa shape index (κ2) is 3.93. The predicted octanol–water partition coefficient (Wildman–Crippen LogP) is 2.81. The molecule has 1 N–H and O–H groups in total. The van der Waals surface area contributed by atoms with Crippen LogP contribution in [0.1, 0.15) is 5.56 Å². The molecule has 82 valence electrons. The number of hydrogen-bond acceptors (Lipinski definition) is 3. The molecule has 15 heavy (non-hydrogen) atoms. The molecule has 0 fully saturated rings. The van der Waals surface area contributed by atoms with E-state index in [4.69, 9.17) is 16.7 Å². The Hall–Kier alpha value is -1.50. The van der Waals surface area contributed by atoms with Gasteiger partial charge in [-0.1, -0.05) is 11.6 Å². The first-order valence-electron chi connectivity index (χ1n) is 3.44. The van der Waals surface area contributed by atoms with Gasteiger partial charge in [-0.2, -0.15) is 13.2 Å². The number of pyridine rings is 1. The molecule has 0 radical (unpaired) electrons. The maximum atomic E-state index is 12.3. The third-order valence-corrected chi connectivity index (χ3v) is 1.54. The van der Waals surface area contributed by atoms with Crippen LogP contribution >= 0.6 is 11.6 Å². The molecular formula is C7H3ClF3NO3. The predicted molar refractivity (Wildman–Crippen MR) is 42.9 cm³/mol. The molecular weight excluding hydrogens is 239 g/mol. The van der Waals surface area contributed by atoms with Crippen molar-refractivity contribution in [3.63, 3.8) is 0 Å². The van der Waals surface area contributed by atoms with Crippen molar-refractivity contribution in [2.24, 2.45) is 0 Å². The van der Waals surface area contributed by atoms with Crippen LogP contribution in [0, 0.1) is 0 Å². The van der Waals surface area contributed by atoms with Crippen molar-refractivity contribution in [2.75, 3.05) is 0 Å². The third kappa shape index (κ3) is 2.98. The molecule has 0 bridgehead atoms. The van der Waals surface area contributed by atoms with Gasteiger partial charge in [-0.05, 0) is 6.07 Å². The fraction of sp³-hybridized carbons (Fsp3) is 0.143. The van der Waals surface area contributed by atoms with Crippen LogP contribution in [0.3, 0.4) is 0 Å². The first kappa shape index (κ1) is 11.6. The Bertz CT molecular complexity index is 394. The van der Waals surface area contributed by atoms with E-state index in [2.05, 4.69) is 9.72 Å². The van der Waals surface area contributed by atoms with Crippen molar-refractivity contribution in [3.8, 4) is 5.75 Å². The number of aromatic nitrogens is 1. The molecule has 0 atom stereocenters. The maximum Gasteiger partial charge on any atom is 0.511 e. The van der Waals surface area contributed by atoms with E-state index in [0.717, 1.165) is 0 Å². The van der Waals surface area contributed by atoms with E-state index < -0.39 is 28.8 Å². The van der Waals surface area contributed by atoms with Crippen LogP contribution in [0.4, 0.5) is 18.0 Å². The molecule has 0 aliphatic carbocycles. The van der Waals surface area contributed by atoms with Gasteiger partial charge in [0.25, 0.3) is 0 Å². The first-order valence-corrected chi connectivity index (χ1v) is 3.82. The van der Waals surface area contributed by atoms with E-state index in [-0.39, 0.29) is 0 Å². The van der Waals surface area contributed by atoms with Gasteiger partial charge in [-0.25, -0.2) is 9.78 Å². The van der Waals surface area contributed by atoms with Crippen molar-refractivity contribution < 1.29 is 27.8 Å². The normalized spacial score (nSPS) is 11.2. The van der Waals surface area contributed by atoms with Crippen LogP contribution in [0.5, 0.6) is 5.75 Å². The van der Waals surface area contributed by atoms with Crippen molar-refractivity contribution >= 4 is 17.8 Å².